The highest BCUT2D eigenvalue weighted by molar-refractivity contribution is 6.31. The van der Waals surface area contributed by atoms with Crippen molar-refractivity contribution in [3.63, 3.8) is 0 Å². The number of benzene rings is 1. The summed E-state index contributed by atoms with van der Waals surface area (Å²) < 4.78 is 41.3. The molecule has 3 N–H and O–H groups in total. The van der Waals surface area contributed by atoms with Crippen LogP contribution in [0.4, 0.5) is 13.2 Å². The van der Waals surface area contributed by atoms with E-state index in [0.29, 0.717) is 43.6 Å². The SMILES string of the molecule is CC[C@H](C)[C@@H]1NC(=O)[C@H](CC(C)C)N(C)C(=O)C[C@@H](C)N(C)C(=O)[C@H](C(C)C)N(C)C(=O)C2(CCCC2)NC(=O)[C@@H]2CCCN2C(=O)[C@H](CCc2ccc(C(F)(F)F)c(Cl)c2)NC(=O)CN(C)C(=O)[C@H](CCC2CCC2)N(C)C(=O)CN(C)C(=O)CN(C)C1=O. The number of fused-ring (bicyclic) bond motifs is 1. The number of hydrogen-bond acceptors (Lipinski definition) is 11. The largest absolute Gasteiger partial charge is 0.417 e. The Morgan fingerprint density at radius 1 is 0.644 bits per heavy atom. The summed E-state index contributed by atoms with van der Waals surface area (Å²) in [6.07, 6.45) is 1.13. The van der Waals surface area contributed by atoms with Crippen LogP contribution in [0.1, 0.15) is 156 Å². The first-order chi connectivity index (χ1) is 42.0. The van der Waals surface area contributed by atoms with Gasteiger partial charge in [-0.25, -0.2) is 0 Å². The number of carbonyl (C=O) groups is 11. The summed E-state index contributed by atoms with van der Waals surface area (Å²) in [7, 11) is 10.1. The van der Waals surface area contributed by atoms with E-state index in [4.69, 9.17) is 11.6 Å². The predicted molar refractivity (Wildman–Crippen MR) is 332 cm³/mol. The van der Waals surface area contributed by atoms with Gasteiger partial charge in [-0.05, 0) is 106 Å². The molecule has 8 atom stereocenters. The second-order valence-electron chi connectivity index (χ2n) is 26.6. The van der Waals surface area contributed by atoms with E-state index in [1.165, 1.54) is 79.9 Å². The van der Waals surface area contributed by atoms with Crippen molar-refractivity contribution in [2.75, 3.05) is 75.5 Å². The Morgan fingerprint density at radius 3 is 1.82 bits per heavy atom. The number of nitrogens with zero attached hydrogens (tertiary/aromatic N) is 8. The van der Waals surface area contributed by atoms with Crippen LogP contribution in [0.5, 0.6) is 0 Å². The Hall–Kier alpha value is -6.53. The van der Waals surface area contributed by atoms with Gasteiger partial charge in [0, 0.05) is 68.3 Å². The molecule has 0 aromatic heterocycles. The molecule has 2 aliphatic carbocycles. The molecule has 1 aromatic carbocycles. The van der Waals surface area contributed by atoms with Gasteiger partial charge in [0.25, 0.3) is 0 Å². The highest BCUT2D eigenvalue weighted by Crippen LogP contribution is 2.37. The van der Waals surface area contributed by atoms with E-state index in [-0.39, 0.29) is 63.8 Å². The molecule has 2 saturated carbocycles. The number of hydrogen-bond donors (Lipinski definition) is 3. The zero-order valence-electron chi connectivity index (χ0n) is 55.3. The second-order valence-corrected chi connectivity index (χ2v) is 27.0. The molecule has 2 heterocycles. The fourth-order valence-electron chi connectivity index (χ4n) is 12.7. The van der Waals surface area contributed by atoms with Crippen molar-refractivity contribution in [2.45, 2.75) is 205 Å². The summed E-state index contributed by atoms with van der Waals surface area (Å²) in [6.45, 7) is 11.1. The Morgan fingerprint density at radius 2 is 1.26 bits per heavy atom. The molecule has 2 aliphatic heterocycles. The number of nitrogens with one attached hydrogen (secondary N) is 3. The van der Waals surface area contributed by atoms with Gasteiger partial charge in [0.1, 0.15) is 41.8 Å². The van der Waals surface area contributed by atoms with E-state index in [1.807, 2.05) is 20.8 Å². The van der Waals surface area contributed by atoms with Gasteiger partial charge < -0.3 is 55.1 Å². The number of halogens is 4. The van der Waals surface area contributed by atoms with Crippen LogP contribution in [-0.4, -0.2) is 228 Å². The Kier molecular flexibility index (Phi) is 26.5. The van der Waals surface area contributed by atoms with Crippen LogP contribution >= 0.6 is 11.6 Å². The number of alkyl halides is 3. The van der Waals surface area contributed by atoms with Gasteiger partial charge in [0.05, 0.1) is 30.2 Å². The van der Waals surface area contributed by atoms with E-state index in [1.54, 1.807) is 27.7 Å². The average molecular weight is 1290 g/mol. The van der Waals surface area contributed by atoms with Crippen LogP contribution in [0.2, 0.25) is 5.02 Å². The van der Waals surface area contributed by atoms with Crippen molar-refractivity contribution in [1.82, 2.24) is 55.1 Å². The molecule has 1 spiro atoms. The highest BCUT2D eigenvalue weighted by Gasteiger charge is 2.50. The van der Waals surface area contributed by atoms with Crippen molar-refractivity contribution >= 4 is 76.6 Å². The standard InChI is InChI=1S/C64H99ClF3N11O11/c1-15-40(6)54-60(88)74(10)36-52(82)72(8)37-53(83)76(12)48(28-25-42-20-18-21-42)59(87)73(9)35-50(80)69-46(27-24-43-23-26-44(45(65)34-43)64(66,67)68)58(86)79-31-19-22-47(79)57(85)71-63(29-16-17-30-63)62(90)78(14)55(39(4)5)61(89)75(11)41(7)33-51(81)77(13)49(32-38(2)3)56(84)70-54/h23,26,34,38-42,46-49,54-55H,15-22,24-25,27-33,35-37H2,1-14H3,(H,69,80)(H,70,84)(H,71,85)/t40-,41+,46-,47-,48-,49-,54-,55-/m0/s1. The molecule has 90 heavy (non-hydrogen) atoms. The Bertz CT molecular complexity index is 2780. The quantitative estimate of drug-likeness (QED) is 0.263. The minimum Gasteiger partial charge on any atom is -0.343 e. The summed E-state index contributed by atoms with van der Waals surface area (Å²) in [4.78, 5) is 170. The normalized spacial score (nSPS) is 26.2. The van der Waals surface area contributed by atoms with Crippen LogP contribution in [0, 0.1) is 23.7 Å². The number of amides is 11. The molecule has 1 aromatic rings. The third kappa shape index (κ3) is 18.6. The molecular formula is C64H99ClF3N11O11. The Labute approximate surface area is 534 Å². The molecule has 22 nitrogen and oxygen atoms in total. The minimum absolute atomic E-state index is 0.0598. The average Bonchev–Trinajstić information content (AvgIpc) is 1.50. The molecule has 0 unspecified atom stereocenters. The molecule has 11 amide bonds. The van der Waals surface area contributed by atoms with Gasteiger partial charge in [-0.1, -0.05) is 97.7 Å². The number of rotatable bonds is 11. The molecule has 0 radical (unpaired) electrons. The minimum atomic E-state index is -4.74. The third-order valence-electron chi connectivity index (χ3n) is 19.0. The van der Waals surface area contributed by atoms with Crippen LogP contribution in [-0.2, 0) is 65.3 Å². The van der Waals surface area contributed by atoms with Gasteiger partial charge in [-0.3, -0.25) is 52.7 Å². The monoisotopic (exact) mass is 1290 g/mol. The van der Waals surface area contributed by atoms with E-state index in [0.717, 1.165) is 46.1 Å². The van der Waals surface area contributed by atoms with E-state index in [9.17, 15) is 61.1 Å². The molecule has 2 saturated heterocycles. The predicted octanol–water partition coefficient (Wildman–Crippen LogP) is 5.12. The summed E-state index contributed by atoms with van der Waals surface area (Å²) in [5.41, 5.74) is -2.25. The molecule has 0 bridgehead atoms. The van der Waals surface area contributed by atoms with E-state index >= 15 is 4.79 Å². The fourth-order valence-corrected chi connectivity index (χ4v) is 13.0. The maximum absolute atomic E-state index is 15.1. The van der Waals surface area contributed by atoms with Gasteiger partial charge in [0.2, 0.25) is 65.0 Å². The number of likely N-dealkylation sites (N-methyl/N-ethyl adjacent to an activating group) is 7. The lowest BCUT2D eigenvalue weighted by molar-refractivity contribution is -0.152. The lowest BCUT2D eigenvalue weighted by Gasteiger charge is -2.41. The number of carbonyl (C=O) groups excluding carboxylic acids is 11. The molecule has 26 heteroatoms. The molecule has 4 fully saturated rings. The van der Waals surface area contributed by atoms with Gasteiger partial charge >= 0.3 is 6.18 Å². The summed E-state index contributed by atoms with van der Waals surface area (Å²) >= 11 is 6.11. The first kappa shape index (κ1) is 74.2. The van der Waals surface area contributed by atoms with E-state index < -0.39 is 161 Å². The lowest BCUT2D eigenvalue weighted by Crippen LogP contribution is -2.64. The smallest absolute Gasteiger partial charge is 0.343 e. The second kappa shape index (κ2) is 32.2. The van der Waals surface area contributed by atoms with Crippen molar-refractivity contribution < 1.29 is 65.9 Å². The summed E-state index contributed by atoms with van der Waals surface area (Å²) in [5, 5.41) is 8.07. The first-order valence-electron chi connectivity index (χ1n) is 31.9. The third-order valence-corrected chi connectivity index (χ3v) is 19.3. The van der Waals surface area contributed by atoms with Crippen LogP contribution < -0.4 is 16.0 Å². The first-order valence-corrected chi connectivity index (χ1v) is 32.3. The summed E-state index contributed by atoms with van der Waals surface area (Å²) in [5.74, 6) is -7.43. The van der Waals surface area contributed by atoms with Gasteiger partial charge in [-0.15, -0.1) is 0 Å². The van der Waals surface area contributed by atoms with Gasteiger partial charge in [0.15, 0.2) is 0 Å². The van der Waals surface area contributed by atoms with Crippen molar-refractivity contribution in [3.05, 3.63) is 34.3 Å². The molecule has 5 rings (SSSR count). The molecular weight excluding hydrogens is 1190 g/mol. The van der Waals surface area contributed by atoms with Crippen LogP contribution in [0.25, 0.3) is 0 Å². The fraction of sp³-hybridized carbons (Fsp3) is 0.734. The topological polar surface area (TPSA) is 250 Å². The zero-order chi connectivity index (χ0) is 67.4. The van der Waals surface area contributed by atoms with Crippen molar-refractivity contribution in [1.29, 1.82) is 0 Å². The van der Waals surface area contributed by atoms with Gasteiger partial charge in [-0.2, -0.15) is 13.2 Å². The maximum atomic E-state index is 15.1. The van der Waals surface area contributed by atoms with Crippen LogP contribution in [0.15, 0.2) is 18.2 Å². The Balaban J connectivity index is 1.55. The summed E-state index contributed by atoms with van der Waals surface area (Å²) in [6, 6.07) is -4.52. The van der Waals surface area contributed by atoms with E-state index in [2.05, 4.69) is 16.0 Å². The lowest BCUT2D eigenvalue weighted by atomic mass is 9.81. The zero-order valence-corrected chi connectivity index (χ0v) is 56.1. The maximum Gasteiger partial charge on any atom is 0.417 e. The highest BCUT2D eigenvalue weighted by atomic mass is 35.5. The van der Waals surface area contributed by atoms with Crippen LogP contribution in [0.3, 0.4) is 0 Å². The van der Waals surface area contributed by atoms with Crippen molar-refractivity contribution in [3.8, 4) is 0 Å². The number of aryl methyl sites for hydroxylation is 1. The van der Waals surface area contributed by atoms with Crippen molar-refractivity contribution in [2.24, 2.45) is 23.7 Å². The molecule has 4 aliphatic rings. The molecule has 504 valence electrons.